The number of aliphatic hydroxyl groups excluding tert-OH is 1. The molecule has 0 unspecified atom stereocenters. The van der Waals surface area contributed by atoms with Crippen molar-refractivity contribution in [3.05, 3.63) is 23.1 Å². The average Bonchev–Trinajstić information content (AvgIpc) is 2.16. The molecular weight excluding hydrogens is 275 g/mol. The first-order valence-corrected chi connectivity index (χ1v) is 4.18. The van der Waals surface area contributed by atoms with E-state index in [1.165, 1.54) is 0 Å². The lowest BCUT2D eigenvalue weighted by molar-refractivity contribution is -0.277. The smallest absolute Gasteiger partial charge is 0.392 e. The molecule has 0 aliphatic carbocycles. The summed E-state index contributed by atoms with van der Waals surface area (Å²) in [4.78, 5) is 2.40. The number of ether oxygens (including phenoxy) is 1. The summed E-state index contributed by atoms with van der Waals surface area (Å²) in [6, 6.07) is 0.0803. The average molecular weight is 279 g/mol. The van der Waals surface area contributed by atoms with Crippen molar-refractivity contribution in [1.82, 2.24) is 4.98 Å². The van der Waals surface area contributed by atoms with E-state index in [2.05, 4.69) is 9.72 Å². The number of rotatable bonds is 2. The quantitative estimate of drug-likeness (QED) is 0.846. The second-order valence-electron chi connectivity index (χ2n) is 2.99. The first-order valence-electron chi connectivity index (χ1n) is 4.18. The minimum atomic E-state index is -5.38. The first-order chi connectivity index (χ1) is 8.04. The fourth-order valence-corrected chi connectivity index (χ4v) is 1.06. The van der Waals surface area contributed by atoms with Crippen LogP contribution in [0.25, 0.3) is 0 Å². The minimum absolute atomic E-state index is 0.0803. The van der Waals surface area contributed by atoms with Crippen molar-refractivity contribution in [2.75, 3.05) is 0 Å². The predicted molar refractivity (Wildman–Crippen MR) is 41.8 cm³/mol. The summed E-state index contributed by atoms with van der Waals surface area (Å²) < 4.78 is 88.3. The van der Waals surface area contributed by atoms with Gasteiger partial charge in [0.2, 0.25) is 0 Å². The summed E-state index contributed by atoms with van der Waals surface area (Å²) in [5.41, 5.74) is -2.83. The summed E-state index contributed by atoms with van der Waals surface area (Å²) in [5, 5.41) is 8.56. The Morgan fingerprint density at radius 1 is 1.17 bits per heavy atom. The van der Waals surface area contributed by atoms with Gasteiger partial charge >= 0.3 is 12.5 Å². The Kier molecular flexibility index (Phi) is 3.70. The molecule has 0 aliphatic heterocycles. The third kappa shape index (κ3) is 3.45. The number of halogens is 7. The molecule has 1 rings (SSSR count). The van der Waals surface area contributed by atoms with Gasteiger partial charge < -0.3 is 9.84 Å². The SMILES string of the molecule is OCc1cc(F)c(OC(F)(F)F)nc1C(F)(F)F. The van der Waals surface area contributed by atoms with Crippen LogP contribution in [0.1, 0.15) is 11.3 Å². The molecule has 1 heterocycles. The molecular formula is C8H4F7NO2. The Labute approximate surface area is 94.8 Å². The third-order valence-electron chi connectivity index (χ3n) is 1.67. The highest BCUT2D eigenvalue weighted by atomic mass is 19.4. The van der Waals surface area contributed by atoms with Gasteiger partial charge in [0.1, 0.15) is 0 Å². The monoisotopic (exact) mass is 279 g/mol. The molecule has 0 amide bonds. The topological polar surface area (TPSA) is 42.4 Å². The molecule has 0 fully saturated rings. The molecule has 18 heavy (non-hydrogen) atoms. The highest BCUT2D eigenvalue weighted by molar-refractivity contribution is 5.29. The number of nitrogens with zero attached hydrogens (tertiary/aromatic N) is 1. The maximum atomic E-state index is 13.0. The molecule has 0 radical (unpaired) electrons. The van der Waals surface area contributed by atoms with E-state index in [1.807, 2.05) is 0 Å². The molecule has 3 nitrogen and oxygen atoms in total. The number of hydrogen-bond donors (Lipinski definition) is 1. The van der Waals surface area contributed by atoms with Gasteiger partial charge in [0.25, 0.3) is 5.88 Å². The Balaban J connectivity index is 3.31. The third-order valence-corrected chi connectivity index (χ3v) is 1.67. The van der Waals surface area contributed by atoms with E-state index in [0.29, 0.717) is 0 Å². The van der Waals surface area contributed by atoms with Gasteiger partial charge in [-0.25, -0.2) is 9.37 Å². The van der Waals surface area contributed by atoms with E-state index in [9.17, 15) is 30.7 Å². The molecule has 1 aromatic rings. The summed E-state index contributed by atoms with van der Waals surface area (Å²) in [6.45, 7) is -1.23. The van der Waals surface area contributed by atoms with E-state index >= 15 is 0 Å². The van der Waals surface area contributed by atoms with Gasteiger partial charge in [-0.3, -0.25) is 0 Å². The molecule has 0 spiro atoms. The van der Waals surface area contributed by atoms with Gasteiger partial charge in [0.05, 0.1) is 6.61 Å². The lowest BCUT2D eigenvalue weighted by Crippen LogP contribution is -2.21. The fraction of sp³-hybridized carbons (Fsp3) is 0.375. The normalized spacial score (nSPS) is 12.7. The van der Waals surface area contributed by atoms with Crippen LogP contribution in [0.15, 0.2) is 6.07 Å². The van der Waals surface area contributed by atoms with Crippen molar-refractivity contribution >= 4 is 0 Å². The largest absolute Gasteiger partial charge is 0.574 e. The maximum Gasteiger partial charge on any atom is 0.574 e. The van der Waals surface area contributed by atoms with Gasteiger partial charge in [0.15, 0.2) is 11.5 Å². The molecule has 0 bridgehead atoms. The molecule has 0 saturated carbocycles. The van der Waals surface area contributed by atoms with Crippen molar-refractivity contribution in [3.63, 3.8) is 0 Å². The highest BCUT2D eigenvalue weighted by Gasteiger charge is 2.39. The summed E-state index contributed by atoms with van der Waals surface area (Å²) in [7, 11) is 0. The molecule has 0 aromatic carbocycles. The van der Waals surface area contributed by atoms with Crippen LogP contribution in [0.4, 0.5) is 30.7 Å². The Hall–Kier alpha value is -1.58. The van der Waals surface area contributed by atoms with E-state index in [4.69, 9.17) is 5.11 Å². The molecule has 1 aromatic heterocycles. The molecule has 0 saturated heterocycles. The van der Waals surface area contributed by atoms with Crippen LogP contribution < -0.4 is 4.74 Å². The zero-order chi connectivity index (χ0) is 14.1. The Morgan fingerprint density at radius 3 is 2.11 bits per heavy atom. The molecule has 0 aliphatic rings. The summed E-state index contributed by atoms with van der Waals surface area (Å²) >= 11 is 0. The van der Waals surface area contributed by atoms with Crippen molar-refractivity contribution in [2.45, 2.75) is 19.1 Å². The summed E-state index contributed by atoms with van der Waals surface area (Å²) in [6.07, 6.45) is -10.5. The fourth-order valence-electron chi connectivity index (χ4n) is 1.06. The van der Waals surface area contributed by atoms with Gasteiger partial charge in [0, 0.05) is 5.56 Å². The van der Waals surface area contributed by atoms with Crippen LogP contribution in [0.2, 0.25) is 0 Å². The standard InChI is InChI=1S/C8H4F7NO2/c9-4-1-3(2-17)5(7(10,11)12)16-6(4)18-8(13,14)15/h1,17H,2H2. The van der Waals surface area contributed by atoms with Crippen LogP contribution >= 0.6 is 0 Å². The van der Waals surface area contributed by atoms with E-state index < -0.39 is 42.1 Å². The van der Waals surface area contributed by atoms with Crippen LogP contribution in [0, 0.1) is 5.82 Å². The minimum Gasteiger partial charge on any atom is -0.392 e. The molecule has 0 atom stereocenters. The van der Waals surface area contributed by atoms with Crippen molar-refractivity contribution < 1.29 is 40.6 Å². The number of alkyl halides is 6. The zero-order valence-corrected chi connectivity index (χ0v) is 8.23. The maximum absolute atomic E-state index is 13.0. The predicted octanol–water partition coefficient (Wildman–Crippen LogP) is 2.63. The van der Waals surface area contributed by atoms with E-state index in [0.717, 1.165) is 0 Å². The van der Waals surface area contributed by atoms with Gasteiger partial charge in [-0.1, -0.05) is 0 Å². The lowest BCUT2D eigenvalue weighted by atomic mass is 10.2. The van der Waals surface area contributed by atoms with Crippen LogP contribution in [-0.4, -0.2) is 16.5 Å². The number of aliphatic hydroxyl groups is 1. The molecule has 102 valence electrons. The molecule has 10 heteroatoms. The second-order valence-corrected chi connectivity index (χ2v) is 2.99. The van der Waals surface area contributed by atoms with Crippen LogP contribution in [0.3, 0.4) is 0 Å². The Morgan fingerprint density at radius 2 is 1.72 bits per heavy atom. The van der Waals surface area contributed by atoms with Gasteiger partial charge in [-0.05, 0) is 6.07 Å². The Bertz CT molecular complexity index is 440. The van der Waals surface area contributed by atoms with E-state index in [-0.39, 0.29) is 6.07 Å². The number of aromatic nitrogens is 1. The summed E-state index contributed by atoms with van der Waals surface area (Å²) in [5.74, 6) is -3.61. The number of pyridine rings is 1. The first kappa shape index (κ1) is 14.5. The lowest BCUT2D eigenvalue weighted by Gasteiger charge is -2.14. The van der Waals surface area contributed by atoms with E-state index in [1.54, 1.807) is 0 Å². The van der Waals surface area contributed by atoms with Crippen molar-refractivity contribution in [1.29, 1.82) is 0 Å². The van der Waals surface area contributed by atoms with Crippen molar-refractivity contribution in [3.8, 4) is 5.88 Å². The highest BCUT2D eigenvalue weighted by Crippen LogP contribution is 2.34. The second kappa shape index (κ2) is 4.59. The van der Waals surface area contributed by atoms with Crippen LogP contribution in [-0.2, 0) is 12.8 Å². The number of hydrogen-bond acceptors (Lipinski definition) is 3. The van der Waals surface area contributed by atoms with Crippen LogP contribution in [0.5, 0.6) is 5.88 Å². The molecule has 1 N–H and O–H groups in total. The van der Waals surface area contributed by atoms with Gasteiger partial charge in [-0.2, -0.15) is 13.2 Å². The van der Waals surface area contributed by atoms with Crippen molar-refractivity contribution in [2.24, 2.45) is 0 Å². The zero-order valence-electron chi connectivity index (χ0n) is 8.23. The van der Waals surface area contributed by atoms with Gasteiger partial charge in [-0.15, -0.1) is 13.2 Å².